The summed E-state index contributed by atoms with van der Waals surface area (Å²) < 4.78 is 6.89. The molecular formula is C17H17BrN2O. The van der Waals surface area contributed by atoms with E-state index < -0.39 is 0 Å². The first kappa shape index (κ1) is 14.1. The summed E-state index contributed by atoms with van der Waals surface area (Å²) in [5, 5.41) is 0. The Kier molecular flexibility index (Phi) is 3.72. The monoisotopic (exact) mass is 344 g/mol. The van der Waals surface area contributed by atoms with Crippen LogP contribution in [0.3, 0.4) is 0 Å². The van der Waals surface area contributed by atoms with Crippen LogP contribution in [0.2, 0.25) is 0 Å². The number of nitrogens with zero attached hydrogens (tertiary/aromatic N) is 2. The van der Waals surface area contributed by atoms with Crippen LogP contribution >= 0.6 is 15.9 Å². The van der Waals surface area contributed by atoms with Gasteiger partial charge < -0.3 is 9.32 Å². The van der Waals surface area contributed by atoms with Gasteiger partial charge in [-0.2, -0.15) is 0 Å². The number of anilines is 1. The van der Waals surface area contributed by atoms with Gasteiger partial charge in [0.25, 0.3) is 0 Å². The van der Waals surface area contributed by atoms with Gasteiger partial charge in [-0.15, -0.1) is 0 Å². The Bertz CT molecular complexity index is 793. The van der Waals surface area contributed by atoms with E-state index in [2.05, 4.69) is 50.9 Å². The van der Waals surface area contributed by atoms with Crippen molar-refractivity contribution in [2.75, 3.05) is 19.0 Å². The van der Waals surface area contributed by atoms with Crippen molar-refractivity contribution in [3.05, 3.63) is 46.4 Å². The minimum atomic E-state index is 0.657. The fourth-order valence-electron chi connectivity index (χ4n) is 2.32. The molecule has 3 aromatic rings. The first-order chi connectivity index (χ1) is 10.1. The first-order valence-electron chi connectivity index (χ1n) is 6.95. The van der Waals surface area contributed by atoms with Crippen LogP contribution in [0.25, 0.3) is 22.6 Å². The average molecular weight is 345 g/mol. The maximum absolute atomic E-state index is 5.86. The van der Waals surface area contributed by atoms with E-state index in [9.17, 15) is 0 Å². The van der Waals surface area contributed by atoms with Gasteiger partial charge in [-0.25, -0.2) is 4.98 Å². The molecule has 0 atom stereocenters. The van der Waals surface area contributed by atoms with E-state index in [1.165, 1.54) is 5.56 Å². The standard InChI is InChI=1S/C17H17BrN2O/c1-4-11-5-8-16-14(9-11)19-17(21-16)12-6-7-15(20(2)3)13(18)10-12/h5-10H,4H2,1-3H3. The number of aryl methyl sites for hydroxylation is 1. The highest BCUT2D eigenvalue weighted by Crippen LogP contribution is 2.31. The van der Waals surface area contributed by atoms with E-state index in [4.69, 9.17) is 4.42 Å². The van der Waals surface area contributed by atoms with E-state index in [-0.39, 0.29) is 0 Å². The molecule has 1 heterocycles. The first-order valence-corrected chi connectivity index (χ1v) is 7.74. The summed E-state index contributed by atoms with van der Waals surface area (Å²) in [6.07, 6.45) is 1.00. The predicted octanol–water partition coefficient (Wildman–Crippen LogP) is 4.89. The van der Waals surface area contributed by atoms with Crippen LogP contribution in [0.15, 0.2) is 45.3 Å². The summed E-state index contributed by atoms with van der Waals surface area (Å²) in [4.78, 5) is 6.67. The molecule has 0 spiro atoms. The van der Waals surface area contributed by atoms with Crippen molar-refractivity contribution in [3.63, 3.8) is 0 Å². The molecule has 3 nitrogen and oxygen atoms in total. The summed E-state index contributed by atoms with van der Waals surface area (Å²) in [6.45, 7) is 2.14. The molecule has 0 N–H and O–H groups in total. The molecule has 0 saturated heterocycles. The predicted molar refractivity (Wildman–Crippen MR) is 90.9 cm³/mol. The maximum Gasteiger partial charge on any atom is 0.227 e. The van der Waals surface area contributed by atoms with Crippen molar-refractivity contribution in [2.24, 2.45) is 0 Å². The second-order valence-electron chi connectivity index (χ2n) is 5.24. The van der Waals surface area contributed by atoms with Crippen LogP contribution in [0.4, 0.5) is 5.69 Å². The molecule has 2 aromatic carbocycles. The largest absolute Gasteiger partial charge is 0.436 e. The van der Waals surface area contributed by atoms with Gasteiger partial charge in [0, 0.05) is 24.1 Å². The molecule has 0 aliphatic carbocycles. The molecule has 3 rings (SSSR count). The second kappa shape index (κ2) is 5.53. The molecule has 0 aliphatic rings. The summed E-state index contributed by atoms with van der Waals surface area (Å²) in [6, 6.07) is 12.3. The third-order valence-corrected chi connectivity index (χ3v) is 4.17. The topological polar surface area (TPSA) is 29.3 Å². The normalized spacial score (nSPS) is 11.0. The minimum absolute atomic E-state index is 0.657. The highest BCUT2D eigenvalue weighted by atomic mass is 79.9. The lowest BCUT2D eigenvalue weighted by Crippen LogP contribution is -2.09. The molecule has 108 valence electrons. The lowest BCUT2D eigenvalue weighted by molar-refractivity contribution is 0.619. The van der Waals surface area contributed by atoms with Crippen LogP contribution in [0.1, 0.15) is 12.5 Å². The third kappa shape index (κ3) is 2.68. The van der Waals surface area contributed by atoms with Crippen LogP contribution in [-0.4, -0.2) is 19.1 Å². The maximum atomic E-state index is 5.86. The van der Waals surface area contributed by atoms with Gasteiger partial charge in [-0.05, 0) is 58.2 Å². The zero-order chi connectivity index (χ0) is 15.0. The third-order valence-electron chi connectivity index (χ3n) is 3.54. The Hall–Kier alpha value is -1.81. The molecule has 0 saturated carbocycles. The number of hydrogen-bond acceptors (Lipinski definition) is 3. The Labute approximate surface area is 132 Å². The summed E-state index contributed by atoms with van der Waals surface area (Å²) in [5.74, 6) is 0.657. The van der Waals surface area contributed by atoms with Crippen LogP contribution in [-0.2, 0) is 6.42 Å². The highest BCUT2D eigenvalue weighted by molar-refractivity contribution is 9.10. The molecule has 0 amide bonds. The van der Waals surface area contributed by atoms with Gasteiger partial charge in [-0.1, -0.05) is 13.0 Å². The van der Waals surface area contributed by atoms with Crippen molar-refractivity contribution in [3.8, 4) is 11.5 Å². The van der Waals surface area contributed by atoms with E-state index in [1.807, 2.05) is 32.3 Å². The fourth-order valence-corrected chi connectivity index (χ4v) is 3.05. The van der Waals surface area contributed by atoms with Crippen molar-refractivity contribution in [2.45, 2.75) is 13.3 Å². The fraction of sp³-hybridized carbons (Fsp3) is 0.235. The number of halogens is 1. The number of hydrogen-bond donors (Lipinski definition) is 0. The van der Waals surface area contributed by atoms with E-state index in [0.717, 1.165) is 33.2 Å². The molecular weight excluding hydrogens is 328 g/mol. The minimum Gasteiger partial charge on any atom is -0.436 e. The van der Waals surface area contributed by atoms with E-state index >= 15 is 0 Å². The number of oxazole rings is 1. The van der Waals surface area contributed by atoms with Crippen LogP contribution in [0, 0.1) is 0 Å². The van der Waals surface area contributed by atoms with Crippen LogP contribution < -0.4 is 4.90 Å². The van der Waals surface area contributed by atoms with Gasteiger partial charge in [-0.3, -0.25) is 0 Å². The quantitative estimate of drug-likeness (QED) is 0.677. The van der Waals surface area contributed by atoms with Crippen molar-refractivity contribution in [1.29, 1.82) is 0 Å². The van der Waals surface area contributed by atoms with Crippen molar-refractivity contribution in [1.82, 2.24) is 4.98 Å². The summed E-state index contributed by atoms with van der Waals surface area (Å²) >= 11 is 3.60. The van der Waals surface area contributed by atoms with E-state index in [0.29, 0.717) is 5.89 Å². The van der Waals surface area contributed by atoms with E-state index in [1.54, 1.807) is 0 Å². The molecule has 0 unspecified atom stereocenters. The smallest absolute Gasteiger partial charge is 0.227 e. The lowest BCUT2D eigenvalue weighted by atomic mass is 10.1. The molecule has 0 fully saturated rings. The number of benzene rings is 2. The molecule has 21 heavy (non-hydrogen) atoms. The van der Waals surface area contributed by atoms with Gasteiger partial charge in [0.1, 0.15) is 5.52 Å². The highest BCUT2D eigenvalue weighted by Gasteiger charge is 2.11. The van der Waals surface area contributed by atoms with Gasteiger partial charge in [0.2, 0.25) is 5.89 Å². The van der Waals surface area contributed by atoms with Crippen molar-refractivity contribution < 1.29 is 4.42 Å². The Balaban J connectivity index is 2.06. The summed E-state index contributed by atoms with van der Waals surface area (Å²) in [5.41, 5.74) is 5.11. The summed E-state index contributed by atoms with van der Waals surface area (Å²) in [7, 11) is 4.04. The van der Waals surface area contributed by atoms with Gasteiger partial charge >= 0.3 is 0 Å². The molecule has 4 heteroatoms. The zero-order valence-electron chi connectivity index (χ0n) is 12.4. The van der Waals surface area contributed by atoms with Gasteiger partial charge in [0.15, 0.2) is 5.58 Å². The molecule has 0 aliphatic heterocycles. The van der Waals surface area contributed by atoms with Crippen LogP contribution in [0.5, 0.6) is 0 Å². The van der Waals surface area contributed by atoms with Gasteiger partial charge in [0.05, 0.1) is 5.69 Å². The Morgan fingerprint density at radius 1 is 1.14 bits per heavy atom. The number of fused-ring (bicyclic) bond motifs is 1. The lowest BCUT2D eigenvalue weighted by Gasteiger charge is -2.14. The second-order valence-corrected chi connectivity index (χ2v) is 6.09. The Morgan fingerprint density at radius 3 is 2.62 bits per heavy atom. The molecule has 0 bridgehead atoms. The number of aromatic nitrogens is 1. The SMILES string of the molecule is CCc1ccc2oc(-c3ccc(N(C)C)c(Br)c3)nc2c1. The molecule has 1 aromatic heterocycles. The number of rotatable bonds is 3. The van der Waals surface area contributed by atoms with Crippen molar-refractivity contribution >= 4 is 32.7 Å². The zero-order valence-corrected chi connectivity index (χ0v) is 13.9. The Morgan fingerprint density at radius 2 is 1.95 bits per heavy atom. The average Bonchev–Trinajstić information content (AvgIpc) is 2.89. The molecule has 0 radical (unpaired) electrons.